The molecule has 1 amide bonds. The molecule has 0 saturated carbocycles. The van der Waals surface area contributed by atoms with E-state index in [1.165, 1.54) is 7.11 Å². The summed E-state index contributed by atoms with van der Waals surface area (Å²) >= 11 is 0. The number of para-hydroxylation sites is 2. The molecule has 8 nitrogen and oxygen atoms in total. The van der Waals surface area contributed by atoms with Crippen LogP contribution in [0.1, 0.15) is 17.0 Å². The number of methoxy groups -OCH3 is 1. The Morgan fingerprint density at radius 3 is 2.59 bits per heavy atom. The summed E-state index contributed by atoms with van der Waals surface area (Å²) in [6.07, 6.45) is 1.70. The van der Waals surface area contributed by atoms with Gasteiger partial charge in [0.05, 0.1) is 35.3 Å². The van der Waals surface area contributed by atoms with Gasteiger partial charge in [-0.25, -0.2) is 4.98 Å². The highest BCUT2D eigenvalue weighted by atomic mass is 16.5. The number of carbonyl (C=O) groups excluding carboxylic acids is 1. The lowest BCUT2D eigenvalue weighted by molar-refractivity contribution is -0.118. The number of allylic oxidation sites excluding steroid dienone is 1. The fourth-order valence-electron chi connectivity index (χ4n) is 3.26. The largest absolute Gasteiger partial charge is 0.493 e. The molecule has 0 radical (unpaired) electrons. The third kappa shape index (κ3) is 5.04. The average molecular weight is 449 g/mol. The van der Waals surface area contributed by atoms with Crippen molar-refractivity contribution < 1.29 is 14.3 Å². The van der Waals surface area contributed by atoms with Gasteiger partial charge in [0.1, 0.15) is 11.9 Å². The lowest BCUT2D eigenvalue weighted by Crippen LogP contribution is -2.20. The molecule has 0 saturated heterocycles. The number of nitrogens with one attached hydrogen (secondary N) is 2. The lowest BCUT2D eigenvalue weighted by Gasteiger charge is -2.12. The fourth-order valence-corrected chi connectivity index (χ4v) is 3.26. The molecule has 0 unspecified atom stereocenters. The predicted molar refractivity (Wildman–Crippen MR) is 128 cm³/mol. The first-order chi connectivity index (χ1) is 16.6. The summed E-state index contributed by atoms with van der Waals surface area (Å²) in [6.45, 7) is -0.228. The molecule has 3 aromatic carbocycles. The van der Waals surface area contributed by atoms with Crippen molar-refractivity contribution in [3.05, 3.63) is 83.7 Å². The lowest BCUT2D eigenvalue weighted by atomic mass is 10.1. The molecular weight excluding hydrogens is 430 g/mol. The molecule has 4 rings (SSSR count). The maximum atomic E-state index is 12.2. The normalized spacial score (nSPS) is 10.9. The molecule has 0 atom stereocenters. The minimum atomic E-state index is -0.354. The Morgan fingerprint density at radius 2 is 1.88 bits per heavy atom. The Bertz CT molecular complexity index is 1420. The van der Waals surface area contributed by atoms with Gasteiger partial charge in [-0.3, -0.25) is 4.79 Å². The number of amides is 1. The molecule has 0 fully saturated rings. The SMILES string of the molecule is COc1cc(/C=C(\C#N)c2nc3ccccc3[nH]2)ccc1OCC(=O)Nc1ccc(C#N)cc1. The Kier molecular flexibility index (Phi) is 6.53. The van der Waals surface area contributed by atoms with E-state index in [9.17, 15) is 10.1 Å². The van der Waals surface area contributed by atoms with Crippen LogP contribution in [0.2, 0.25) is 0 Å². The molecule has 8 heteroatoms. The second-order valence-electron chi connectivity index (χ2n) is 7.21. The Hall–Kier alpha value is -5.08. The van der Waals surface area contributed by atoms with Gasteiger partial charge in [-0.15, -0.1) is 0 Å². The van der Waals surface area contributed by atoms with Gasteiger partial charge in [0.25, 0.3) is 5.91 Å². The molecule has 0 spiro atoms. The van der Waals surface area contributed by atoms with Crippen LogP contribution in [-0.2, 0) is 4.79 Å². The third-order valence-corrected chi connectivity index (χ3v) is 4.92. The van der Waals surface area contributed by atoms with Gasteiger partial charge in [-0.2, -0.15) is 10.5 Å². The van der Waals surface area contributed by atoms with Crippen LogP contribution in [0.3, 0.4) is 0 Å². The molecule has 0 aliphatic rings. The standard InChI is InChI=1S/C26H19N5O3/c1-33-24-13-18(12-19(15-28)26-30-21-4-2-3-5-22(21)31-26)8-11-23(24)34-16-25(32)29-20-9-6-17(14-27)7-10-20/h2-13H,16H2,1H3,(H,29,32)(H,30,31)/b19-12+. The van der Waals surface area contributed by atoms with Gasteiger partial charge in [0.15, 0.2) is 18.1 Å². The maximum absolute atomic E-state index is 12.2. The summed E-state index contributed by atoms with van der Waals surface area (Å²) in [5.41, 5.74) is 3.78. The first-order valence-corrected chi connectivity index (χ1v) is 10.3. The van der Waals surface area contributed by atoms with Crippen LogP contribution in [0.15, 0.2) is 66.7 Å². The molecule has 1 heterocycles. The topological polar surface area (TPSA) is 124 Å². The van der Waals surface area contributed by atoms with Crippen LogP contribution in [0, 0.1) is 22.7 Å². The number of nitrogens with zero attached hydrogens (tertiary/aromatic N) is 3. The average Bonchev–Trinajstić information content (AvgIpc) is 3.31. The van der Waals surface area contributed by atoms with Gasteiger partial charge >= 0.3 is 0 Å². The second-order valence-corrected chi connectivity index (χ2v) is 7.21. The quantitative estimate of drug-likeness (QED) is 0.400. The van der Waals surface area contributed by atoms with Crippen LogP contribution < -0.4 is 14.8 Å². The highest BCUT2D eigenvalue weighted by Crippen LogP contribution is 2.30. The number of benzene rings is 3. The molecular formula is C26H19N5O3. The summed E-state index contributed by atoms with van der Waals surface area (Å²) in [5.74, 6) is 0.925. The number of aromatic amines is 1. The van der Waals surface area contributed by atoms with Crippen LogP contribution in [0.4, 0.5) is 5.69 Å². The van der Waals surface area contributed by atoms with Crippen LogP contribution in [0.5, 0.6) is 11.5 Å². The van der Waals surface area contributed by atoms with E-state index in [1.807, 2.05) is 30.3 Å². The molecule has 4 aromatic rings. The first kappa shape index (κ1) is 22.1. The minimum Gasteiger partial charge on any atom is -0.493 e. The van der Waals surface area contributed by atoms with E-state index in [1.54, 1.807) is 48.5 Å². The monoisotopic (exact) mass is 449 g/mol. The molecule has 0 aliphatic heterocycles. The van der Waals surface area contributed by atoms with E-state index in [4.69, 9.17) is 14.7 Å². The number of H-pyrrole nitrogens is 1. The molecule has 1 aromatic heterocycles. The predicted octanol–water partition coefficient (Wildman–Crippen LogP) is 4.52. The number of imidazole rings is 1. The van der Waals surface area contributed by atoms with Crippen molar-refractivity contribution in [1.29, 1.82) is 10.5 Å². The smallest absolute Gasteiger partial charge is 0.262 e. The minimum absolute atomic E-state index is 0.228. The number of rotatable bonds is 7. The summed E-state index contributed by atoms with van der Waals surface area (Å²) in [7, 11) is 1.50. The second kappa shape index (κ2) is 10.0. The maximum Gasteiger partial charge on any atom is 0.262 e. The summed E-state index contributed by atoms with van der Waals surface area (Å²) in [6, 6.07) is 23.4. The van der Waals surface area contributed by atoms with Crippen molar-refractivity contribution in [3.8, 4) is 23.6 Å². The van der Waals surface area contributed by atoms with Gasteiger partial charge in [0, 0.05) is 5.69 Å². The van der Waals surface area contributed by atoms with E-state index in [0.29, 0.717) is 39.7 Å². The van der Waals surface area contributed by atoms with Gasteiger partial charge < -0.3 is 19.8 Å². The highest BCUT2D eigenvalue weighted by Gasteiger charge is 2.11. The molecule has 0 bridgehead atoms. The summed E-state index contributed by atoms with van der Waals surface area (Å²) < 4.78 is 11.0. The summed E-state index contributed by atoms with van der Waals surface area (Å²) in [4.78, 5) is 19.8. The number of carbonyl (C=O) groups is 1. The zero-order valence-electron chi connectivity index (χ0n) is 18.2. The van der Waals surface area contributed by atoms with E-state index in [2.05, 4.69) is 21.4 Å². The Labute approximate surface area is 195 Å². The van der Waals surface area contributed by atoms with Crippen molar-refractivity contribution in [2.24, 2.45) is 0 Å². The fraction of sp³-hybridized carbons (Fsp3) is 0.0769. The van der Waals surface area contributed by atoms with E-state index in [-0.39, 0.29) is 12.5 Å². The van der Waals surface area contributed by atoms with E-state index in [0.717, 1.165) is 11.0 Å². The summed E-state index contributed by atoms with van der Waals surface area (Å²) in [5, 5.41) is 21.2. The van der Waals surface area contributed by atoms with E-state index < -0.39 is 0 Å². The van der Waals surface area contributed by atoms with Crippen LogP contribution in [0.25, 0.3) is 22.7 Å². The number of aromatic nitrogens is 2. The van der Waals surface area contributed by atoms with Crippen molar-refractivity contribution in [3.63, 3.8) is 0 Å². The first-order valence-electron chi connectivity index (χ1n) is 10.3. The number of fused-ring (bicyclic) bond motifs is 1. The highest BCUT2D eigenvalue weighted by molar-refractivity contribution is 5.92. The van der Waals surface area contributed by atoms with Crippen molar-refractivity contribution in [2.45, 2.75) is 0 Å². The number of ether oxygens (including phenoxy) is 2. The molecule has 2 N–H and O–H groups in total. The number of hydrogen-bond acceptors (Lipinski definition) is 6. The molecule has 34 heavy (non-hydrogen) atoms. The van der Waals surface area contributed by atoms with Crippen molar-refractivity contribution >= 4 is 34.3 Å². The Balaban J connectivity index is 1.46. The number of anilines is 1. The van der Waals surface area contributed by atoms with E-state index >= 15 is 0 Å². The van der Waals surface area contributed by atoms with Gasteiger partial charge in [-0.05, 0) is 60.2 Å². The number of hydrogen-bond donors (Lipinski definition) is 2. The Morgan fingerprint density at radius 1 is 1.09 bits per heavy atom. The zero-order valence-corrected chi connectivity index (χ0v) is 18.2. The van der Waals surface area contributed by atoms with Gasteiger partial charge in [-0.1, -0.05) is 18.2 Å². The van der Waals surface area contributed by atoms with Crippen molar-refractivity contribution in [1.82, 2.24) is 9.97 Å². The van der Waals surface area contributed by atoms with Crippen LogP contribution >= 0.6 is 0 Å². The van der Waals surface area contributed by atoms with Crippen LogP contribution in [-0.4, -0.2) is 29.6 Å². The number of nitriles is 2. The van der Waals surface area contributed by atoms with Gasteiger partial charge in [0.2, 0.25) is 0 Å². The molecule has 166 valence electrons. The zero-order chi connectivity index (χ0) is 23.9. The third-order valence-electron chi connectivity index (χ3n) is 4.92. The molecule has 0 aliphatic carbocycles. The van der Waals surface area contributed by atoms with Crippen molar-refractivity contribution in [2.75, 3.05) is 19.0 Å².